The summed E-state index contributed by atoms with van der Waals surface area (Å²) in [4.78, 5) is 32.1. The van der Waals surface area contributed by atoms with Gasteiger partial charge in [-0.05, 0) is 25.7 Å². The average Bonchev–Trinajstić information content (AvgIpc) is 2.78. The third kappa shape index (κ3) is 4.64. The molecule has 2 aliphatic rings. The van der Waals surface area contributed by atoms with Crippen molar-refractivity contribution < 1.29 is 23.9 Å². The number of carbonyl (C=O) groups excluding carboxylic acids is 3. The lowest BCUT2D eigenvalue weighted by Gasteiger charge is -2.20. The van der Waals surface area contributed by atoms with Gasteiger partial charge in [0.05, 0.1) is 7.11 Å². The molecule has 1 fully saturated rings. The normalized spacial score (nSPS) is 18.6. The van der Waals surface area contributed by atoms with Gasteiger partial charge in [0.15, 0.2) is 0 Å². The van der Waals surface area contributed by atoms with Crippen molar-refractivity contribution in [3.05, 3.63) is 23.8 Å². The fraction of sp³-hybridized carbons (Fsp3) is 0.533. The molecule has 0 saturated heterocycles. The standard InChI is InChI=1S/C10H12O3.C5H8O2/c11-9-6-8(10(12)13-9)7-4-2-1-3-5-7;1-4(2)5(6)7-3/h6-7H,1-5H2;1H2,2-3H3. The van der Waals surface area contributed by atoms with E-state index in [4.69, 9.17) is 0 Å². The van der Waals surface area contributed by atoms with Crippen molar-refractivity contribution in [3.63, 3.8) is 0 Å². The van der Waals surface area contributed by atoms with Crippen LogP contribution in [0.1, 0.15) is 39.0 Å². The van der Waals surface area contributed by atoms with E-state index in [0.717, 1.165) is 25.7 Å². The molecule has 5 heteroatoms. The molecule has 0 spiro atoms. The predicted molar refractivity (Wildman–Crippen MR) is 72.6 cm³/mol. The van der Waals surface area contributed by atoms with Gasteiger partial charge < -0.3 is 9.47 Å². The Morgan fingerprint density at radius 1 is 1.30 bits per heavy atom. The summed E-state index contributed by atoms with van der Waals surface area (Å²) in [5, 5.41) is 0. The van der Waals surface area contributed by atoms with Crippen LogP contribution in [-0.4, -0.2) is 25.0 Å². The highest BCUT2D eigenvalue weighted by Crippen LogP contribution is 2.31. The number of ether oxygens (including phenoxy) is 2. The van der Waals surface area contributed by atoms with E-state index in [1.165, 1.54) is 19.6 Å². The van der Waals surface area contributed by atoms with Crippen LogP contribution < -0.4 is 0 Å². The first kappa shape index (κ1) is 16.1. The lowest BCUT2D eigenvalue weighted by Crippen LogP contribution is -2.14. The van der Waals surface area contributed by atoms with Gasteiger partial charge in [0.1, 0.15) is 0 Å². The summed E-state index contributed by atoms with van der Waals surface area (Å²) in [6.45, 7) is 4.95. The zero-order valence-electron chi connectivity index (χ0n) is 11.9. The van der Waals surface area contributed by atoms with Gasteiger partial charge in [-0.1, -0.05) is 25.8 Å². The first-order valence-electron chi connectivity index (χ1n) is 6.67. The predicted octanol–water partition coefficient (Wildman–Crippen LogP) is 2.31. The highest BCUT2D eigenvalue weighted by molar-refractivity contribution is 6.09. The molecule has 0 atom stereocenters. The summed E-state index contributed by atoms with van der Waals surface area (Å²) >= 11 is 0. The summed E-state index contributed by atoms with van der Waals surface area (Å²) < 4.78 is 8.73. The number of hydrogen-bond donors (Lipinski definition) is 0. The average molecular weight is 280 g/mol. The molecular weight excluding hydrogens is 260 g/mol. The SMILES string of the molecule is C=C(C)C(=O)OC.O=C1C=C(C2CCCCC2)C(=O)O1. The lowest BCUT2D eigenvalue weighted by atomic mass is 9.84. The van der Waals surface area contributed by atoms with Crippen LogP contribution >= 0.6 is 0 Å². The minimum absolute atomic E-state index is 0.271. The number of cyclic esters (lactones) is 2. The van der Waals surface area contributed by atoms with E-state index in [2.05, 4.69) is 16.1 Å². The zero-order valence-corrected chi connectivity index (χ0v) is 11.9. The van der Waals surface area contributed by atoms with E-state index in [1.54, 1.807) is 6.92 Å². The van der Waals surface area contributed by atoms with Gasteiger partial charge >= 0.3 is 17.9 Å². The van der Waals surface area contributed by atoms with Crippen LogP contribution in [0.2, 0.25) is 0 Å². The zero-order chi connectivity index (χ0) is 15.1. The lowest BCUT2D eigenvalue weighted by molar-refractivity contribution is -0.151. The van der Waals surface area contributed by atoms with Gasteiger partial charge in [0.25, 0.3) is 0 Å². The molecule has 0 aromatic carbocycles. The maximum atomic E-state index is 11.2. The molecule has 110 valence electrons. The van der Waals surface area contributed by atoms with E-state index in [-0.39, 0.29) is 11.9 Å². The molecule has 0 radical (unpaired) electrons. The Morgan fingerprint density at radius 2 is 1.90 bits per heavy atom. The summed E-state index contributed by atoms with van der Waals surface area (Å²) in [6.07, 6.45) is 6.96. The summed E-state index contributed by atoms with van der Waals surface area (Å²) in [5.74, 6) is -0.991. The third-order valence-corrected chi connectivity index (χ3v) is 3.28. The van der Waals surface area contributed by atoms with Crippen LogP contribution in [0.5, 0.6) is 0 Å². The molecule has 20 heavy (non-hydrogen) atoms. The fourth-order valence-corrected chi connectivity index (χ4v) is 2.24. The maximum Gasteiger partial charge on any atom is 0.342 e. The highest BCUT2D eigenvalue weighted by atomic mass is 16.6. The number of hydrogen-bond acceptors (Lipinski definition) is 5. The Balaban J connectivity index is 0.000000246. The van der Waals surface area contributed by atoms with Gasteiger partial charge in [0, 0.05) is 17.2 Å². The topological polar surface area (TPSA) is 69.7 Å². The maximum absolute atomic E-state index is 11.2. The molecule has 0 bridgehead atoms. The molecule has 5 nitrogen and oxygen atoms in total. The second-order valence-corrected chi connectivity index (χ2v) is 4.92. The van der Waals surface area contributed by atoms with E-state index in [1.807, 2.05) is 0 Å². The van der Waals surface area contributed by atoms with E-state index in [9.17, 15) is 14.4 Å². The minimum Gasteiger partial charge on any atom is -0.466 e. The highest BCUT2D eigenvalue weighted by Gasteiger charge is 2.30. The smallest absolute Gasteiger partial charge is 0.342 e. The number of carbonyl (C=O) groups is 3. The second-order valence-electron chi connectivity index (χ2n) is 4.92. The molecule has 0 N–H and O–H groups in total. The van der Waals surface area contributed by atoms with Gasteiger partial charge in [0.2, 0.25) is 0 Å². The van der Waals surface area contributed by atoms with Gasteiger partial charge in [-0.25, -0.2) is 14.4 Å². The molecule has 0 aromatic heterocycles. The van der Waals surface area contributed by atoms with Crippen LogP contribution in [0.15, 0.2) is 23.8 Å². The Hall–Kier alpha value is -1.91. The van der Waals surface area contributed by atoms with Crippen molar-refractivity contribution in [2.45, 2.75) is 39.0 Å². The van der Waals surface area contributed by atoms with Crippen molar-refractivity contribution in [3.8, 4) is 0 Å². The third-order valence-electron chi connectivity index (χ3n) is 3.28. The van der Waals surface area contributed by atoms with Crippen molar-refractivity contribution in [2.75, 3.05) is 7.11 Å². The molecule has 0 aromatic rings. The van der Waals surface area contributed by atoms with Crippen LogP contribution in [0, 0.1) is 5.92 Å². The first-order chi connectivity index (χ1) is 9.45. The fourth-order valence-electron chi connectivity index (χ4n) is 2.24. The summed E-state index contributed by atoms with van der Waals surface area (Å²) in [7, 11) is 1.33. The van der Waals surface area contributed by atoms with Gasteiger partial charge in [-0.3, -0.25) is 0 Å². The van der Waals surface area contributed by atoms with Crippen molar-refractivity contribution in [2.24, 2.45) is 5.92 Å². The second kappa shape index (κ2) is 7.62. The van der Waals surface area contributed by atoms with Gasteiger partial charge in [-0.2, -0.15) is 0 Å². The molecule has 0 unspecified atom stereocenters. The van der Waals surface area contributed by atoms with Crippen LogP contribution in [0.3, 0.4) is 0 Å². The Kier molecular flexibility index (Phi) is 6.15. The van der Waals surface area contributed by atoms with Crippen molar-refractivity contribution in [1.82, 2.24) is 0 Å². The Bertz CT molecular complexity index is 441. The van der Waals surface area contributed by atoms with Crippen molar-refractivity contribution in [1.29, 1.82) is 0 Å². The Morgan fingerprint density at radius 3 is 2.25 bits per heavy atom. The molecule has 1 heterocycles. The van der Waals surface area contributed by atoms with Crippen LogP contribution in [0.4, 0.5) is 0 Å². The molecule has 0 amide bonds. The Labute approximate surface area is 118 Å². The molecular formula is C15H20O5. The van der Waals surface area contributed by atoms with E-state index in [0.29, 0.717) is 11.1 Å². The largest absolute Gasteiger partial charge is 0.466 e. The monoisotopic (exact) mass is 280 g/mol. The van der Waals surface area contributed by atoms with Crippen LogP contribution in [-0.2, 0) is 23.9 Å². The number of esters is 3. The van der Waals surface area contributed by atoms with Gasteiger partial charge in [-0.15, -0.1) is 0 Å². The van der Waals surface area contributed by atoms with Crippen molar-refractivity contribution >= 4 is 17.9 Å². The summed E-state index contributed by atoms with van der Waals surface area (Å²) in [5.41, 5.74) is 1.03. The number of methoxy groups -OCH3 is 1. The first-order valence-corrected chi connectivity index (χ1v) is 6.67. The van der Waals surface area contributed by atoms with E-state index < -0.39 is 11.9 Å². The van der Waals surface area contributed by atoms with E-state index >= 15 is 0 Å². The molecule has 2 rings (SSSR count). The number of rotatable bonds is 2. The minimum atomic E-state index is -0.495. The quantitative estimate of drug-likeness (QED) is 0.441. The molecule has 1 saturated carbocycles. The molecule has 1 aliphatic carbocycles. The molecule has 1 aliphatic heterocycles. The van der Waals surface area contributed by atoms with Crippen LogP contribution in [0.25, 0.3) is 0 Å². The summed E-state index contributed by atoms with van der Waals surface area (Å²) in [6, 6.07) is 0.